The molecule has 0 aliphatic carbocycles. The number of carbonyl (C=O) groups is 2. The smallest absolute Gasteiger partial charge is 0.242 e. The van der Waals surface area contributed by atoms with Crippen molar-refractivity contribution in [2.45, 2.75) is 32.2 Å². The molecule has 1 saturated heterocycles. The summed E-state index contributed by atoms with van der Waals surface area (Å²) < 4.78 is 0. The van der Waals surface area contributed by atoms with E-state index in [0.717, 1.165) is 12.8 Å². The lowest BCUT2D eigenvalue weighted by Crippen LogP contribution is -2.42. The first-order chi connectivity index (χ1) is 5.74. The van der Waals surface area contributed by atoms with E-state index in [1.165, 1.54) is 0 Å². The molecule has 1 aliphatic rings. The topological polar surface area (TPSA) is 58.2 Å². The molecular formula is C8H14N2O2. The van der Waals surface area contributed by atoms with Crippen LogP contribution in [0.2, 0.25) is 0 Å². The highest BCUT2D eigenvalue weighted by atomic mass is 16.2. The molecule has 0 aromatic rings. The Morgan fingerprint density at radius 3 is 2.92 bits per heavy atom. The monoisotopic (exact) mass is 170 g/mol. The minimum Gasteiger partial charge on any atom is -0.354 e. The Balaban J connectivity index is 2.54. The molecule has 0 bridgehead atoms. The maximum absolute atomic E-state index is 11.2. The second kappa shape index (κ2) is 4.09. The van der Waals surface area contributed by atoms with Gasteiger partial charge in [-0.3, -0.25) is 9.59 Å². The van der Waals surface area contributed by atoms with Crippen LogP contribution >= 0.6 is 0 Å². The van der Waals surface area contributed by atoms with Gasteiger partial charge in [0.05, 0.1) is 0 Å². The highest BCUT2D eigenvalue weighted by molar-refractivity contribution is 5.89. The van der Waals surface area contributed by atoms with Crippen LogP contribution in [0.3, 0.4) is 0 Å². The third kappa shape index (κ3) is 2.22. The highest BCUT2D eigenvalue weighted by Crippen LogP contribution is 2.00. The summed E-state index contributed by atoms with van der Waals surface area (Å²) in [6.45, 7) is 2.45. The Bertz CT molecular complexity index is 191. The molecule has 1 heterocycles. The van der Waals surface area contributed by atoms with Crippen LogP contribution in [0.1, 0.15) is 26.2 Å². The Labute approximate surface area is 71.7 Å². The molecule has 0 saturated carbocycles. The minimum atomic E-state index is -0.315. The summed E-state index contributed by atoms with van der Waals surface area (Å²) in [5.41, 5.74) is 0. The fraction of sp³-hybridized carbons (Fsp3) is 0.750. The molecule has 12 heavy (non-hydrogen) atoms. The molecule has 1 fully saturated rings. The fourth-order valence-corrected chi connectivity index (χ4v) is 1.25. The lowest BCUT2D eigenvalue weighted by atomic mass is 10.1. The molecule has 0 aromatic carbocycles. The summed E-state index contributed by atoms with van der Waals surface area (Å²) in [7, 11) is 0. The number of rotatable bonds is 2. The van der Waals surface area contributed by atoms with Crippen LogP contribution in [0.15, 0.2) is 0 Å². The van der Waals surface area contributed by atoms with Crippen molar-refractivity contribution in [3.8, 4) is 0 Å². The SMILES string of the molecule is CCCC1NC(=O)CCNC1=O. The zero-order valence-corrected chi connectivity index (χ0v) is 7.22. The Morgan fingerprint density at radius 2 is 2.25 bits per heavy atom. The van der Waals surface area contributed by atoms with E-state index in [9.17, 15) is 9.59 Å². The number of amides is 2. The predicted molar refractivity (Wildman–Crippen MR) is 44.5 cm³/mol. The van der Waals surface area contributed by atoms with Crippen LogP contribution in [0.25, 0.3) is 0 Å². The van der Waals surface area contributed by atoms with E-state index in [1.54, 1.807) is 0 Å². The molecule has 1 rings (SSSR count). The van der Waals surface area contributed by atoms with Crippen molar-refractivity contribution >= 4 is 11.8 Å². The van der Waals surface area contributed by atoms with Crippen LogP contribution in [-0.2, 0) is 9.59 Å². The van der Waals surface area contributed by atoms with E-state index in [2.05, 4.69) is 10.6 Å². The summed E-state index contributed by atoms with van der Waals surface area (Å²) >= 11 is 0. The highest BCUT2D eigenvalue weighted by Gasteiger charge is 2.22. The van der Waals surface area contributed by atoms with Gasteiger partial charge in [0.25, 0.3) is 0 Å². The first kappa shape index (κ1) is 9.03. The molecule has 0 radical (unpaired) electrons. The largest absolute Gasteiger partial charge is 0.354 e. The van der Waals surface area contributed by atoms with Gasteiger partial charge in [-0.1, -0.05) is 13.3 Å². The van der Waals surface area contributed by atoms with Gasteiger partial charge >= 0.3 is 0 Å². The third-order valence-corrected chi connectivity index (χ3v) is 1.88. The first-order valence-electron chi connectivity index (χ1n) is 4.31. The van der Waals surface area contributed by atoms with Gasteiger partial charge in [-0.05, 0) is 6.42 Å². The minimum absolute atomic E-state index is 0.0354. The normalized spacial score (nSPS) is 24.2. The van der Waals surface area contributed by atoms with Gasteiger partial charge in [-0.15, -0.1) is 0 Å². The van der Waals surface area contributed by atoms with Crippen LogP contribution in [0.4, 0.5) is 0 Å². The Morgan fingerprint density at radius 1 is 1.50 bits per heavy atom. The molecule has 0 spiro atoms. The first-order valence-corrected chi connectivity index (χ1v) is 4.31. The van der Waals surface area contributed by atoms with Crippen molar-refractivity contribution in [2.24, 2.45) is 0 Å². The second-order valence-corrected chi connectivity index (χ2v) is 2.95. The van der Waals surface area contributed by atoms with Crippen LogP contribution in [0.5, 0.6) is 0 Å². The maximum Gasteiger partial charge on any atom is 0.242 e. The number of carbonyl (C=O) groups excluding carboxylic acids is 2. The summed E-state index contributed by atoms with van der Waals surface area (Å²) in [4.78, 5) is 22.2. The Hall–Kier alpha value is -1.06. The number of hydrogen-bond acceptors (Lipinski definition) is 2. The van der Waals surface area contributed by atoms with Crippen molar-refractivity contribution in [1.82, 2.24) is 10.6 Å². The zero-order valence-electron chi connectivity index (χ0n) is 7.22. The van der Waals surface area contributed by atoms with Crippen molar-refractivity contribution in [3.63, 3.8) is 0 Å². The van der Waals surface area contributed by atoms with E-state index in [-0.39, 0.29) is 17.9 Å². The average molecular weight is 170 g/mol. The molecule has 0 aromatic heterocycles. The van der Waals surface area contributed by atoms with Gasteiger partial charge in [-0.25, -0.2) is 0 Å². The third-order valence-electron chi connectivity index (χ3n) is 1.88. The van der Waals surface area contributed by atoms with Crippen molar-refractivity contribution in [2.75, 3.05) is 6.54 Å². The molecule has 2 amide bonds. The van der Waals surface area contributed by atoms with Crippen molar-refractivity contribution in [3.05, 3.63) is 0 Å². The second-order valence-electron chi connectivity index (χ2n) is 2.95. The number of hydrogen-bond donors (Lipinski definition) is 2. The summed E-state index contributed by atoms with van der Waals surface area (Å²) in [6, 6.07) is -0.315. The summed E-state index contributed by atoms with van der Waals surface area (Å²) in [5.74, 6) is -0.0884. The lowest BCUT2D eigenvalue weighted by Gasteiger charge is -2.12. The van der Waals surface area contributed by atoms with Crippen molar-refractivity contribution in [1.29, 1.82) is 0 Å². The van der Waals surface area contributed by atoms with E-state index in [1.807, 2.05) is 6.92 Å². The van der Waals surface area contributed by atoms with Crippen LogP contribution in [0, 0.1) is 0 Å². The summed E-state index contributed by atoms with van der Waals surface area (Å²) in [5, 5.41) is 5.37. The van der Waals surface area contributed by atoms with Crippen LogP contribution < -0.4 is 10.6 Å². The lowest BCUT2D eigenvalue weighted by molar-refractivity contribution is -0.126. The molecule has 2 N–H and O–H groups in total. The molecule has 4 heteroatoms. The van der Waals surface area contributed by atoms with Crippen molar-refractivity contribution < 1.29 is 9.59 Å². The molecule has 1 unspecified atom stereocenters. The van der Waals surface area contributed by atoms with E-state index >= 15 is 0 Å². The molecule has 1 atom stereocenters. The standard InChI is InChI=1S/C8H14N2O2/c1-2-3-6-8(12)9-5-4-7(11)10-6/h6H,2-5H2,1H3,(H,9,12)(H,10,11). The molecule has 4 nitrogen and oxygen atoms in total. The average Bonchev–Trinajstić information content (AvgIpc) is 2.16. The fourth-order valence-electron chi connectivity index (χ4n) is 1.25. The van der Waals surface area contributed by atoms with Gasteiger partial charge in [0.15, 0.2) is 0 Å². The number of nitrogens with one attached hydrogen (secondary N) is 2. The van der Waals surface area contributed by atoms with Gasteiger partial charge < -0.3 is 10.6 Å². The van der Waals surface area contributed by atoms with Gasteiger partial charge in [-0.2, -0.15) is 0 Å². The molecular weight excluding hydrogens is 156 g/mol. The molecule has 68 valence electrons. The Kier molecular flexibility index (Phi) is 3.08. The quantitative estimate of drug-likeness (QED) is 0.602. The zero-order chi connectivity index (χ0) is 8.97. The van der Waals surface area contributed by atoms with Gasteiger partial charge in [0, 0.05) is 13.0 Å². The van der Waals surface area contributed by atoms with Gasteiger partial charge in [0.1, 0.15) is 6.04 Å². The van der Waals surface area contributed by atoms with E-state index in [0.29, 0.717) is 13.0 Å². The summed E-state index contributed by atoms with van der Waals surface area (Å²) in [6.07, 6.45) is 2.02. The molecule has 1 aliphatic heterocycles. The van der Waals surface area contributed by atoms with Crippen LogP contribution in [-0.4, -0.2) is 24.4 Å². The van der Waals surface area contributed by atoms with E-state index < -0.39 is 0 Å². The maximum atomic E-state index is 11.2. The van der Waals surface area contributed by atoms with E-state index in [4.69, 9.17) is 0 Å². The van der Waals surface area contributed by atoms with Gasteiger partial charge in [0.2, 0.25) is 11.8 Å². The predicted octanol–water partition coefficient (Wildman–Crippen LogP) is -0.209.